The first-order chi connectivity index (χ1) is 9.24. The maximum absolute atomic E-state index is 11.8. The third-order valence-corrected chi connectivity index (χ3v) is 4.06. The lowest BCUT2D eigenvalue weighted by Crippen LogP contribution is -3.12. The van der Waals surface area contributed by atoms with Gasteiger partial charge < -0.3 is 9.64 Å². The predicted octanol–water partition coefficient (Wildman–Crippen LogP) is 1.86. The van der Waals surface area contributed by atoms with E-state index in [0.717, 1.165) is 16.8 Å². The van der Waals surface area contributed by atoms with Gasteiger partial charge in [-0.05, 0) is 43.5 Å². The van der Waals surface area contributed by atoms with Crippen LogP contribution in [0.4, 0.5) is 0 Å². The fourth-order valence-electron chi connectivity index (χ4n) is 2.38. The van der Waals surface area contributed by atoms with Gasteiger partial charge in [0, 0.05) is 4.47 Å². The van der Waals surface area contributed by atoms with E-state index >= 15 is 0 Å². The molecule has 0 bridgehead atoms. The first-order valence-corrected chi connectivity index (χ1v) is 7.77. The molecule has 104 valence electrons. The molecule has 0 unspecified atom stereocenters. The number of halogens is 1. The molecular weight excluding hydrogens is 306 g/mol. The van der Waals surface area contributed by atoms with Crippen molar-refractivity contribution in [3.05, 3.63) is 28.7 Å². The molecule has 0 amide bonds. The van der Waals surface area contributed by atoms with E-state index in [1.165, 1.54) is 32.4 Å². The van der Waals surface area contributed by atoms with E-state index in [1.807, 2.05) is 24.3 Å². The second-order valence-corrected chi connectivity index (χ2v) is 6.01. The summed E-state index contributed by atoms with van der Waals surface area (Å²) >= 11 is 3.37. The lowest BCUT2D eigenvalue weighted by Gasteiger charge is -2.23. The summed E-state index contributed by atoms with van der Waals surface area (Å²) in [7, 11) is 0. The van der Waals surface area contributed by atoms with Crippen LogP contribution < -0.4 is 9.64 Å². The lowest BCUT2D eigenvalue weighted by molar-refractivity contribution is -0.904. The van der Waals surface area contributed by atoms with Gasteiger partial charge in [-0.25, -0.2) is 0 Å². The van der Waals surface area contributed by atoms with Crippen molar-refractivity contribution in [2.24, 2.45) is 0 Å². The third-order valence-electron chi connectivity index (χ3n) is 3.53. The van der Waals surface area contributed by atoms with Gasteiger partial charge in [0.2, 0.25) is 0 Å². The summed E-state index contributed by atoms with van der Waals surface area (Å²) in [4.78, 5) is 13.4. The Bertz CT molecular complexity index is 399. The zero-order chi connectivity index (χ0) is 13.5. The van der Waals surface area contributed by atoms with Gasteiger partial charge in [-0.1, -0.05) is 15.9 Å². The number of quaternary nitrogens is 1. The van der Waals surface area contributed by atoms with Crippen molar-refractivity contribution in [3.8, 4) is 5.75 Å². The molecule has 19 heavy (non-hydrogen) atoms. The smallest absolute Gasteiger partial charge is 0.175 e. The first kappa shape index (κ1) is 14.5. The Morgan fingerprint density at radius 2 is 1.84 bits per heavy atom. The first-order valence-electron chi connectivity index (χ1n) is 6.98. The van der Waals surface area contributed by atoms with Gasteiger partial charge in [-0.2, -0.15) is 0 Å². The molecule has 1 aromatic rings. The zero-order valence-electron chi connectivity index (χ0n) is 11.2. The van der Waals surface area contributed by atoms with Gasteiger partial charge in [0.1, 0.15) is 12.4 Å². The van der Waals surface area contributed by atoms with Gasteiger partial charge >= 0.3 is 0 Å². The fraction of sp³-hybridized carbons (Fsp3) is 0.533. The van der Waals surface area contributed by atoms with Crippen LogP contribution in [-0.2, 0) is 4.79 Å². The highest BCUT2D eigenvalue weighted by Gasteiger charge is 2.15. The molecule has 1 heterocycles. The average molecular weight is 327 g/mol. The number of carbonyl (C=O) groups is 1. The summed E-state index contributed by atoms with van der Waals surface area (Å²) in [5.41, 5.74) is 0. The molecule has 0 atom stereocenters. The highest BCUT2D eigenvalue weighted by molar-refractivity contribution is 9.10. The molecule has 0 aromatic heterocycles. The summed E-state index contributed by atoms with van der Waals surface area (Å²) < 4.78 is 6.50. The molecule has 0 radical (unpaired) electrons. The molecule has 1 fully saturated rings. The van der Waals surface area contributed by atoms with Crippen LogP contribution in [0.1, 0.15) is 25.7 Å². The van der Waals surface area contributed by atoms with Gasteiger partial charge in [0.15, 0.2) is 5.78 Å². The summed E-state index contributed by atoms with van der Waals surface area (Å²) in [5.74, 6) is 0.947. The fourth-order valence-corrected chi connectivity index (χ4v) is 2.65. The van der Waals surface area contributed by atoms with Crippen LogP contribution in [0.25, 0.3) is 0 Å². The largest absolute Gasteiger partial charge is 0.486 e. The monoisotopic (exact) mass is 326 g/mol. The van der Waals surface area contributed by atoms with Crippen molar-refractivity contribution in [2.45, 2.75) is 25.7 Å². The Hall–Kier alpha value is -0.870. The quantitative estimate of drug-likeness (QED) is 0.865. The Balaban J connectivity index is 1.65. The highest BCUT2D eigenvalue weighted by atomic mass is 79.9. The molecule has 0 aliphatic carbocycles. The Morgan fingerprint density at radius 3 is 2.53 bits per heavy atom. The lowest BCUT2D eigenvalue weighted by atomic mass is 10.1. The number of nitrogens with one attached hydrogen (secondary N) is 1. The third kappa shape index (κ3) is 5.33. The van der Waals surface area contributed by atoms with E-state index in [1.54, 1.807) is 4.90 Å². The predicted molar refractivity (Wildman–Crippen MR) is 78.7 cm³/mol. The van der Waals surface area contributed by atoms with E-state index in [2.05, 4.69) is 15.9 Å². The van der Waals surface area contributed by atoms with Crippen molar-refractivity contribution in [1.82, 2.24) is 0 Å². The molecule has 0 saturated carbocycles. The number of rotatable bonds is 6. The molecule has 1 saturated heterocycles. The van der Waals surface area contributed by atoms with Crippen molar-refractivity contribution in [3.63, 3.8) is 0 Å². The minimum atomic E-state index is 0.189. The number of ketones is 1. The number of carbonyl (C=O) groups excluding carboxylic acids is 1. The van der Waals surface area contributed by atoms with Crippen LogP contribution in [0.5, 0.6) is 5.75 Å². The SMILES string of the molecule is O=C(CC[NH+]1CCCCC1)COc1ccc(Br)cc1. The summed E-state index contributed by atoms with van der Waals surface area (Å²) in [5, 5.41) is 0. The van der Waals surface area contributed by atoms with E-state index in [-0.39, 0.29) is 12.4 Å². The maximum atomic E-state index is 11.8. The average Bonchev–Trinajstić information content (AvgIpc) is 2.45. The van der Waals surface area contributed by atoms with E-state index in [0.29, 0.717) is 6.42 Å². The number of likely N-dealkylation sites (tertiary alicyclic amines) is 1. The van der Waals surface area contributed by atoms with Crippen molar-refractivity contribution >= 4 is 21.7 Å². The van der Waals surface area contributed by atoms with Gasteiger partial charge in [0.25, 0.3) is 0 Å². The zero-order valence-corrected chi connectivity index (χ0v) is 12.7. The van der Waals surface area contributed by atoms with Crippen LogP contribution in [0.3, 0.4) is 0 Å². The van der Waals surface area contributed by atoms with Crippen LogP contribution in [0.2, 0.25) is 0 Å². The number of hydrogen-bond acceptors (Lipinski definition) is 2. The number of hydrogen-bond donors (Lipinski definition) is 1. The van der Waals surface area contributed by atoms with Crippen LogP contribution in [0, 0.1) is 0 Å². The molecule has 4 heteroatoms. The minimum absolute atomic E-state index is 0.189. The minimum Gasteiger partial charge on any atom is -0.486 e. The Labute approximate surface area is 123 Å². The van der Waals surface area contributed by atoms with Crippen LogP contribution in [-0.4, -0.2) is 32.0 Å². The molecule has 0 spiro atoms. The second kappa shape index (κ2) is 7.65. The van der Waals surface area contributed by atoms with Gasteiger partial charge in [0.05, 0.1) is 26.1 Å². The number of ether oxygens (including phenoxy) is 1. The molecule has 1 aromatic carbocycles. The highest BCUT2D eigenvalue weighted by Crippen LogP contribution is 2.15. The van der Waals surface area contributed by atoms with E-state index in [9.17, 15) is 4.79 Å². The molecule has 3 nitrogen and oxygen atoms in total. The number of benzene rings is 1. The van der Waals surface area contributed by atoms with Gasteiger partial charge in [-0.3, -0.25) is 4.79 Å². The van der Waals surface area contributed by atoms with Crippen molar-refractivity contribution < 1.29 is 14.4 Å². The van der Waals surface area contributed by atoms with E-state index < -0.39 is 0 Å². The summed E-state index contributed by atoms with van der Waals surface area (Å²) in [6.45, 7) is 3.60. The number of Topliss-reactive ketones (excluding diaryl/α,β-unsaturated/α-hetero) is 1. The standard InChI is InChI=1S/C15H20BrNO2/c16-13-4-6-15(7-5-13)19-12-14(18)8-11-17-9-2-1-3-10-17/h4-7H,1-3,8-12H2/p+1. The van der Waals surface area contributed by atoms with Gasteiger partial charge in [-0.15, -0.1) is 0 Å². The number of piperidine rings is 1. The second-order valence-electron chi connectivity index (χ2n) is 5.09. The van der Waals surface area contributed by atoms with E-state index in [4.69, 9.17) is 4.74 Å². The normalized spacial score (nSPS) is 16.3. The summed E-state index contributed by atoms with van der Waals surface area (Å²) in [6.07, 6.45) is 4.59. The van der Waals surface area contributed by atoms with Crippen LogP contribution >= 0.6 is 15.9 Å². The van der Waals surface area contributed by atoms with Crippen molar-refractivity contribution in [2.75, 3.05) is 26.2 Å². The Morgan fingerprint density at radius 1 is 1.16 bits per heavy atom. The molecule has 1 aliphatic heterocycles. The molecule has 1 aliphatic rings. The topological polar surface area (TPSA) is 30.7 Å². The molecule has 2 rings (SSSR count). The maximum Gasteiger partial charge on any atom is 0.175 e. The van der Waals surface area contributed by atoms with Crippen LogP contribution in [0.15, 0.2) is 28.7 Å². The molecule has 1 N–H and O–H groups in total. The molecular formula is C15H21BrNO2+. The summed E-state index contributed by atoms with van der Waals surface area (Å²) in [6, 6.07) is 7.57. The Kier molecular flexibility index (Phi) is 5.86. The van der Waals surface area contributed by atoms with Crippen molar-refractivity contribution in [1.29, 1.82) is 0 Å².